The van der Waals surface area contributed by atoms with Crippen LogP contribution in [0, 0.1) is 5.92 Å². The molecule has 24 heavy (non-hydrogen) atoms. The van der Waals surface area contributed by atoms with Crippen molar-refractivity contribution in [3.05, 3.63) is 23.8 Å². The second-order valence-electron chi connectivity index (χ2n) is 6.45. The number of rotatable bonds is 1. The molecule has 1 aliphatic rings. The summed E-state index contributed by atoms with van der Waals surface area (Å²) >= 11 is 0. The molecule has 1 rings (SSSR count). The molecule has 0 aromatic heterocycles. The van der Waals surface area contributed by atoms with E-state index in [1.165, 1.54) is 7.11 Å². The second-order valence-corrected chi connectivity index (χ2v) is 6.45. The molecule has 3 N–H and O–H groups in total. The van der Waals surface area contributed by atoms with Crippen molar-refractivity contribution in [2.45, 2.75) is 63.6 Å². The van der Waals surface area contributed by atoms with Gasteiger partial charge in [0.1, 0.15) is 6.10 Å². The van der Waals surface area contributed by atoms with Crippen molar-refractivity contribution >= 4 is 0 Å². The molecule has 4 nitrogen and oxygen atoms in total. The standard InChI is InChI=1S/C17H28F3NO3/c1-12-10-13(2)15(22)14(24-3)8-6-4-5-7-9-16(23,21-11-12)17(18,19)20/h6,8,10,13-15,21-23H,4-5,7,9,11H2,1-3H3/b8-6+,12-10-/t13-,14+,15+,16?/m1/s1. The molecule has 0 bridgehead atoms. The first-order chi connectivity index (χ1) is 11.1. The highest BCUT2D eigenvalue weighted by atomic mass is 19.4. The smallest absolute Gasteiger partial charge is 0.389 e. The van der Waals surface area contributed by atoms with Gasteiger partial charge in [-0.3, -0.25) is 5.32 Å². The maximum atomic E-state index is 13.2. The number of allylic oxidation sites excluding steroid dienone is 1. The summed E-state index contributed by atoms with van der Waals surface area (Å²) < 4.78 is 44.8. The number of halogens is 3. The predicted molar refractivity (Wildman–Crippen MR) is 86.3 cm³/mol. The molecule has 140 valence electrons. The van der Waals surface area contributed by atoms with Crippen molar-refractivity contribution in [1.29, 1.82) is 0 Å². The summed E-state index contributed by atoms with van der Waals surface area (Å²) in [6.45, 7) is 3.33. The summed E-state index contributed by atoms with van der Waals surface area (Å²) in [5, 5.41) is 22.5. The van der Waals surface area contributed by atoms with Crippen molar-refractivity contribution < 1.29 is 28.1 Å². The number of methoxy groups -OCH3 is 1. The Kier molecular flexibility index (Phi) is 7.92. The van der Waals surface area contributed by atoms with E-state index in [0.717, 1.165) is 0 Å². The third-order valence-electron chi connectivity index (χ3n) is 4.31. The quantitative estimate of drug-likeness (QED) is 0.636. The average Bonchev–Trinajstić information content (AvgIpc) is 2.49. The number of hydrogen-bond acceptors (Lipinski definition) is 4. The number of hydrogen-bond donors (Lipinski definition) is 3. The van der Waals surface area contributed by atoms with E-state index in [2.05, 4.69) is 5.32 Å². The Hall–Kier alpha value is -0.890. The fraction of sp³-hybridized carbons (Fsp3) is 0.765. The van der Waals surface area contributed by atoms with Gasteiger partial charge >= 0.3 is 6.18 Å². The van der Waals surface area contributed by atoms with E-state index in [0.29, 0.717) is 18.4 Å². The molecule has 0 amide bonds. The SMILES string of the molecule is CO[C@H]1/C=C/CCCCC(O)(C(F)(F)F)NC/C(C)=C\[C@@H](C)[C@@H]1O. The Labute approximate surface area is 141 Å². The lowest BCUT2D eigenvalue weighted by molar-refractivity contribution is -0.275. The van der Waals surface area contributed by atoms with Gasteiger partial charge in [-0.1, -0.05) is 30.7 Å². The highest BCUT2D eigenvalue weighted by Crippen LogP contribution is 2.32. The second kappa shape index (κ2) is 8.99. The minimum atomic E-state index is -4.74. The van der Waals surface area contributed by atoms with Gasteiger partial charge in [-0.2, -0.15) is 13.2 Å². The predicted octanol–water partition coefficient (Wildman–Crippen LogP) is 2.92. The van der Waals surface area contributed by atoms with Crippen LogP contribution in [0.5, 0.6) is 0 Å². The third-order valence-corrected chi connectivity index (χ3v) is 4.31. The fourth-order valence-corrected chi connectivity index (χ4v) is 2.73. The molecule has 0 radical (unpaired) electrons. The number of aliphatic hydroxyl groups is 2. The Balaban J connectivity index is 2.98. The van der Waals surface area contributed by atoms with E-state index in [-0.39, 0.29) is 18.9 Å². The van der Waals surface area contributed by atoms with Gasteiger partial charge in [0, 0.05) is 19.6 Å². The van der Waals surface area contributed by atoms with E-state index in [4.69, 9.17) is 4.74 Å². The molecule has 0 aromatic rings. The van der Waals surface area contributed by atoms with Gasteiger partial charge in [0.25, 0.3) is 0 Å². The van der Waals surface area contributed by atoms with Crippen LogP contribution in [0.3, 0.4) is 0 Å². The first-order valence-electron chi connectivity index (χ1n) is 8.19. The zero-order chi connectivity index (χ0) is 18.4. The summed E-state index contributed by atoms with van der Waals surface area (Å²) in [6.07, 6.45) is 0.120. The van der Waals surface area contributed by atoms with Crippen LogP contribution >= 0.6 is 0 Å². The van der Waals surface area contributed by atoms with Gasteiger partial charge in [0.15, 0.2) is 0 Å². The molecular formula is C17H28F3NO3. The molecule has 0 saturated carbocycles. The molecule has 1 aliphatic heterocycles. The third kappa shape index (κ3) is 5.88. The molecular weight excluding hydrogens is 323 g/mol. The number of alkyl halides is 3. The molecule has 0 aliphatic carbocycles. The lowest BCUT2D eigenvalue weighted by Gasteiger charge is -2.32. The molecule has 4 atom stereocenters. The van der Waals surface area contributed by atoms with E-state index in [1.54, 1.807) is 32.1 Å². The summed E-state index contributed by atoms with van der Waals surface area (Å²) in [5.74, 6) is -0.302. The monoisotopic (exact) mass is 351 g/mol. The Morgan fingerprint density at radius 3 is 2.58 bits per heavy atom. The zero-order valence-corrected chi connectivity index (χ0v) is 14.4. The van der Waals surface area contributed by atoms with Crippen LogP contribution in [0.1, 0.15) is 39.5 Å². The lowest BCUT2D eigenvalue weighted by Crippen LogP contribution is -2.57. The van der Waals surface area contributed by atoms with Gasteiger partial charge in [-0.25, -0.2) is 0 Å². The van der Waals surface area contributed by atoms with Crippen LogP contribution < -0.4 is 5.32 Å². The molecule has 0 spiro atoms. The maximum Gasteiger partial charge on any atom is 0.430 e. The molecule has 0 saturated heterocycles. The van der Waals surface area contributed by atoms with Gasteiger partial charge in [-0.15, -0.1) is 0 Å². The van der Waals surface area contributed by atoms with Crippen molar-refractivity contribution in [3.63, 3.8) is 0 Å². The molecule has 1 unspecified atom stereocenters. The average molecular weight is 351 g/mol. The van der Waals surface area contributed by atoms with Crippen LogP contribution in [0.15, 0.2) is 23.8 Å². The summed E-state index contributed by atoms with van der Waals surface area (Å²) in [7, 11) is 1.51. The van der Waals surface area contributed by atoms with Gasteiger partial charge in [0.2, 0.25) is 5.72 Å². The van der Waals surface area contributed by atoms with Gasteiger partial charge < -0.3 is 14.9 Å². The summed E-state index contributed by atoms with van der Waals surface area (Å²) in [6, 6.07) is 0. The normalized spacial score (nSPS) is 38.0. The van der Waals surface area contributed by atoms with Crippen molar-refractivity contribution in [1.82, 2.24) is 5.32 Å². The van der Waals surface area contributed by atoms with Gasteiger partial charge in [0.05, 0.1) is 6.10 Å². The lowest BCUT2D eigenvalue weighted by atomic mass is 9.95. The Bertz CT molecular complexity index is 451. The first kappa shape index (κ1) is 21.2. The van der Waals surface area contributed by atoms with Crippen molar-refractivity contribution in [2.75, 3.05) is 13.7 Å². The van der Waals surface area contributed by atoms with E-state index in [1.807, 2.05) is 0 Å². The van der Waals surface area contributed by atoms with E-state index < -0.39 is 30.5 Å². The Morgan fingerprint density at radius 2 is 2.00 bits per heavy atom. The molecule has 1 heterocycles. The molecule has 0 aromatic carbocycles. The van der Waals surface area contributed by atoms with Crippen LogP contribution in [0.4, 0.5) is 13.2 Å². The number of aliphatic hydroxyl groups excluding tert-OH is 1. The van der Waals surface area contributed by atoms with Gasteiger partial charge in [-0.05, 0) is 32.6 Å². The van der Waals surface area contributed by atoms with Crippen LogP contribution in [0.25, 0.3) is 0 Å². The maximum absolute atomic E-state index is 13.2. The van der Waals surface area contributed by atoms with Crippen molar-refractivity contribution in [3.8, 4) is 0 Å². The fourth-order valence-electron chi connectivity index (χ4n) is 2.73. The number of nitrogens with one attached hydrogen (secondary N) is 1. The number of ether oxygens (including phenoxy) is 1. The Morgan fingerprint density at radius 1 is 1.33 bits per heavy atom. The topological polar surface area (TPSA) is 61.7 Å². The largest absolute Gasteiger partial charge is 0.430 e. The highest BCUT2D eigenvalue weighted by Gasteiger charge is 2.52. The summed E-state index contributed by atoms with van der Waals surface area (Å²) in [4.78, 5) is 0. The van der Waals surface area contributed by atoms with Crippen LogP contribution in [-0.2, 0) is 4.74 Å². The van der Waals surface area contributed by atoms with Crippen LogP contribution in [0.2, 0.25) is 0 Å². The first-order valence-corrected chi connectivity index (χ1v) is 8.19. The summed E-state index contributed by atoms with van der Waals surface area (Å²) in [5.41, 5.74) is -2.28. The zero-order valence-electron chi connectivity index (χ0n) is 14.4. The van der Waals surface area contributed by atoms with Crippen LogP contribution in [-0.4, -0.2) is 48.0 Å². The van der Waals surface area contributed by atoms with E-state index >= 15 is 0 Å². The van der Waals surface area contributed by atoms with Crippen molar-refractivity contribution in [2.24, 2.45) is 5.92 Å². The van der Waals surface area contributed by atoms with E-state index in [9.17, 15) is 23.4 Å². The minimum absolute atomic E-state index is 0.111. The minimum Gasteiger partial charge on any atom is -0.389 e. The molecule has 0 fully saturated rings. The molecule has 7 heteroatoms. The highest BCUT2D eigenvalue weighted by molar-refractivity contribution is 5.08.